The molecule has 62 valence electrons. The molecular weight excluding hydrogens is 152 g/mol. The van der Waals surface area contributed by atoms with Crippen molar-refractivity contribution in [1.82, 2.24) is 9.89 Å². The Morgan fingerprint density at radius 1 is 1.42 bits per heavy atom. The van der Waals surface area contributed by atoms with Gasteiger partial charge in [0.1, 0.15) is 0 Å². The van der Waals surface area contributed by atoms with Crippen molar-refractivity contribution in [3.8, 4) is 0 Å². The molecule has 1 aromatic heterocycles. The first kappa shape index (κ1) is 6.97. The van der Waals surface area contributed by atoms with E-state index in [1.54, 1.807) is 0 Å². The summed E-state index contributed by atoms with van der Waals surface area (Å²) < 4.78 is 0. The highest BCUT2D eigenvalue weighted by Crippen LogP contribution is 2.18. The minimum atomic E-state index is 0.703. The standard InChI is InChI=1S/C8H10N4/c1-5-7-3-2-6(9)4-8(7)12(10)11-5/h2-4H,9-10H2,1H3. The minimum Gasteiger partial charge on any atom is -0.399 e. The number of hydrogen-bond acceptors (Lipinski definition) is 3. The van der Waals surface area contributed by atoms with Crippen molar-refractivity contribution in [1.29, 1.82) is 0 Å². The van der Waals surface area contributed by atoms with E-state index < -0.39 is 0 Å². The zero-order chi connectivity index (χ0) is 8.72. The molecule has 0 saturated heterocycles. The first-order valence-corrected chi connectivity index (χ1v) is 3.68. The van der Waals surface area contributed by atoms with Gasteiger partial charge in [0.05, 0.1) is 11.2 Å². The first-order valence-electron chi connectivity index (χ1n) is 3.68. The third-order valence-electron chi connectivity index (χ3n) is 1.92. The molecule has 12 heavy (non-hydrogen) atoms. The van der Waals surface area contributed by atoms with Crippen molar-refractivity contribution in [2.75, 3.05) is 11.6 Å². The van der Waals surface area contributed by atoms with Crippen LogP contribution in [0.5, 0.6) is 0 Å². The minimum absolute atomic E-state index is 0.703. The fourth-order valence-corrected chi connectivity index (χ4v) is 1.31. The van der Waals surface area contributed by atoms with Gasteiger partial charge in [-0.05, 0) is 25.1 Å². The number of nitrogens with zero attached hydrogens (tertiary/aromatic N) is 2. The van der Waals surface area contributed by atoms with Gasteiger partial charge in [0.2, 0.25) is 0 Å². The normalized spacial score (nSPS) is 10.8. The molecule has 0 aliphatic heterocycles. The molecule has 4 nitrogen and oxygen atoms in total. The molecule has 4 N–H and O–H groups in total. The number of benzene rings is 1. The van der Waals surface area contributed by atoms with Crippen molar-refractivity contribution in [3.63, 3.8) is 0 Å². The van der Waals surface area contributed by atoms with Gasteiger partial charge in [-0.25, -0.2) is 0 Å². The molecule has 0 fully saturated rings. The number of anilines is 1. The maximum absolute atomic E-state index is 5.61. The van der Waals surface area contributed by atoms with E-state index in [9.17, 15) is 0 Å². The Morgan fingerprint density at radius 2 is 2.17 bits per heavy atom. The third-order valence-corrected chi connectivity index (χ3v) is 1.92. The van der Waals surface area contributed by atoms with Crippen molar-refractivity contribution in [2.45, 2.75) is 6.92 Å². The lowest BCUT2D eigenvalue weighted by atomic mass is 10.2. The summed E-state index contributed by atoms with van der Waals surface area (Å²) in [5.74, 6) is 5.60. The van der Waals surface area contributed by atoms with Crippen LogP contribution in [0.1, 0.15) is 5.69 Å². The first-order chi connectivity index (χ1) is 5.68. The molecule has 0 spiro atoms. The molecule has 1 heterocycles. The lowest BCUT2D eigenvalue weighted by Gasteiger charge is -1.94. The van der Waals surface area contributed by atoms with Crippen molar-refractivity contribution < 1.29 is 0 Å². The Hall–Kier alpha value is -1.71. The van der Waals surface area contributed by atoms with E-state index in [0.717, 1.165) is 16.6 Å². The van der Waals surface area contributed by atoms with Gasteiger partial charge in [-0.2, -0.15) is 9.89 Å². The quantitative estimate of drug-likeness (QED) is 0.441. The van der Waals surface area contributed by atoms with Crippen LogP contribution < -0.4 is 11.6 Å². The van der Waals surface area contributed by atoms with Gasteiger partial charge in [0.15, 0.2) is 0 Å². The van der Waals surface area contributed by atoms with Gasteiger partial charge in [-0.1, -0.05) is 0 Å². The SMILES string of the molecule is Cc1nn(N)c2cc(N)ccc12. The second kappa shape index (κ2) is 2.14. The van der Waals surface area contributed by atoms with Gasteiger partial charge in [0, 0.05) is 11.1 Å². The van der Waals surface area contributed by atoms with Crippen LogP contribution in [0, 0.1) is 6.92 Å². The van der Waals surface area contributed by atoms with Crippen LogP contribution in [0.3, 0.4) is 0 Å². The van der Waals surface area contributed by atoms with E-state index in [2.05, 4.69) is 5.10 Å². The zero-order valence-electron chi connectivity index (χ0n) is 6.78. The molecule has 2 rings (SSSR count). The number of aromatic nitrogens is 2. The van der Waals surface area contributed by atoms with Crippen molar-refractivity contribution in [2.24, 2.45) is 0 Å². The number of nitrogen functional groups attached to an aromatic ring is 2. The summed E-state index contributed by atoms with van der Waals surface area (Å²) in [5.41, 5.74) is 8.10. The fraction of sp³-hybridized carbons (Fsp3) is 0.125. The van der Waals surface area contributed by atoms with Crippen molar-refractivity contribution >= 4 is 16.6 Å². The average molecular weight is 162 g/mol. The number of fused-ring (bicyclic) bond motifs is 1. The van der Waals surface area contributed by atoms with Crippen LogP contribution in [0.4, 0.5) is 5.69 Å². The number of rotatable bonds is 0. The van der Waals surface area contributed by atoms with Crippen LogP contribution >= 0.6 is 0 Å². The number of hydrogen-bond donors (Lipinski definition) is 2. The topological polar surface area (TPSA) is 69.9 Å². The van der Waals surface area contributed by atoms with Gasteiger partial charge in [-0.3, -0.25) is 0 Å². The molecular formula is C8H10N4. The number of aryl methyl sites for hydroxylation is 1. The fourth-order valence-electron chi connectivity index (χ4n) is 1.31. The smallest absolute Gasteiger partial charge is 0.0939 e. The highest BCUT2D eigenvalue weighted by atomic mass is 15.5. The number of nitrogens with two attached hydrogens (primary N) is 2. The Morgan fingerprint density at radius 3 is 2.92 bits per heavy atom. The maximum atomic E-state index is 5.61. The van der Waals surface area contributed by atoms with E-state index >= 15 is 0 Å². The van der Waals surface area contributed by atoms with Crippen LogP contribution in [0.25, 0.3) is 10.9 Å². The zero-order valence-corrected chi connectivity index (χ0v) is 6.78. The summed E-state index contributed by atoms with van der Waals surface area (Å²) in [6.07, 6.45) is 0. The Balaban J connectivity index is 2.90. The van der Waals surface area contributed by atoms with Crippen LogP contribution in [0.2, 0.25) is 0 Å². The molecule has 4 heteroatoms. The summed E-state index contributed by atoms with van der Waals surface area (Å²) in [6, 6.07) is 5.59. The molecule has 0 atom stereocenters. The third kappa shape index (κ3) is 0.812. The predicted molar refractivity (Wildman–Crippen MR) is 49.0 cm³/mol. The summed E-state index contributed by atoms with van der Waals surface area (Å²) in [4.78, 5) is 1.35. The largest absolute Gasteiger partial charge is 0.399 e. The second-order valence-electron chi connectivity index (χ2n) is 2.81. The average Bonchev–Trinajstić information content (AvgIpc) is 2.28. The highest BCUT2D eigenvalue weighted by molar-refractivity contribution is 5.84. The highest BCUT2D eigenvalue weighted by Gasteiger charge is 2.03. The van der Waals surface area contributed by atoms with Crippen LogP contribution in [-0.4, -0.2) is 9.89 Å². The lowest BCUT2D eigenvalue weighted by Crippen LogP contribution is -2.09. The molecule has 0 bridgehead atoms. The molecule has 1 aromatic carbocycles. The Kier molecular flexibility index (Phi) is 1.24. The molecule has 0 aliphatic carbocycles. The predicted octanol–water partition coefficient (Wildman–Crippen LogP) is 0.641. The van der Waals surface area contributed by atoms with Gasteiger partial charge in [0.25, 0.3) is 0 Å². The molecule has 2 aromatic rings. The maximum Gasteiger partial charge on any atom is 0.0939 e. The summed E-state index contributed by atoms with van der Waals surface area (Å²) >= 11 is 0. The van der Waals surface area contributed by atoms with Gasteiger partial charge in [-0.15, -0.1) is 0 Å². The second-order valence-corrected chi connectivity index (χ2v) is 2.81. The molecule has 0 radical (unpaired) electrons. The van der Waals surface area contributed by atoms with Crippen LogP contribution in [0.15, 0.2) is 18.2 Å². The summed E-state index contributed by atoms with van der Waals surface area (Å²) in [6.45, 7) is 1.92. The molecule has 0 aliphatic rings. The van der Waals surface area contributed by atoms with Gasteiger partial charge < -0.3 is 11.6 Å². The van der Waals surface area contributed by atoms with Gasteiger partial charge >= 0.3 is 0 Å². The molecule has 0 unspecified atom stereocenters. The van der Waals surface area contributed by atoms with Crippen LogP contribution in [-0.2, 0) is 0 Å². The Labute approximate surface area is 69.7 Å². The van der Waals surface area contributed by atoms with E-state index in [0.29, 0.717) is 5.69 Å². The van der Waals surface area contributed by atoms with E-state index in [4.69, 9.17) is 11.6 Å². The van der Waals surface area contributed by atoms with E-state index in [-0.39, 0.29) is 0 Å². The lowest BCUT2D eigenvalue weighted by molar-refractivity contribution is 0.844. The molecule has 0 saturated carbocycles. The van der Waals surface area contributed by atoms with E-state index in [1.807, 2.05) is 25.1 Å². The summed E-state index contributed by atoms with van der Waals surface area (Å²) in [5, 5.41) is 5.12. The summed E-state index contributed by atoms with van der Waals surface area (Å²) in [7, 11) is 0. The Bertz CT molecular complexity index is 430. The van der Waals surface area contributed by atoms with Crippen molar-refractivity contribution in [3.05, 3.63) is 23.9 Å². The monoisotopic (exact) mass is 162 g/mol. The van der Waals surface area contributed by atoms with E-state index in [1.165, 1.54) is 4.79 Å². The molecule has 0 amide bonds.